The maximum absolute atomic E-state index is 5.97. The Labute approximate surface area is 113 Å². The quantitative estimate of drug-likeness (QED) is 0.917. The topological polar surface area (TPSA) is 39.1 Å². The molecule has 0 bridgehead atoms. The number of hydrogen-bond acceptors (Lipinski definition) is 3. The van der Waals surface area contributed by atoms with Crippen molar-refractivity contribution in [3.8, 4) is 11.4 Å². The largest absolute Gasteiger partial charge is 0.487 e. The van der Waals surface area contributed by atoms with Crippen LogP contribution >= 0.6 is 0 Å². The van der Waals surface area contributed by atoms with Gasteiger partial charge in [0, 0.05) is 0 Å². The van der Waals surface area contributed by atoms with Crippen molar-refractivity contribution in [1.29, 1.82) is 0 Å². The van der Waals surface area contributed by atoms with E-state index in [0.717, 1.165) is 37.4 Å². The molecule has 100 valence electrons. The maximum Gasteiger partial charge on any atom is 0.158 e. The zero-order valence-corrected chi connectivity index (χ0v) is 11.2. The summed E-state index contributed by atoms with van der Waals surface area (Å²) >= 11 is 0. The van der Waals surface area contributed by atoms with Crippen LogP contribution in [-0.2, 0) is 0 Å². The lowest BCUT2D eigenvalue weighted by Crippen LogP contribution is -2.34. The maximum atomic E-state index is 5.97. The Morgan fingerprint density at radius 1 is 1.26 bits per heavy atom. The van der Waals surface area contributed by atoms with Gasteiger partial charge in [-0.25, -0.2) is 4.68 Å². The molecule has 0 amide bonds. The predicted molar refractivity (Wildman–Crippen MR) is 74.8 cm³/mol. The first kappa shape index (κ1) is 12.2. The van der Waals surface area contributed by atoms with E-state index < -0.39 is 0 Å². The van der Waals surface area contributed by atoms with Gasteiger partial charge in [-0.1, -0.05) is 18.2 Å². The summed E-state index contributed by atoms with van der Waals surface area (Å²) in [4.78, 5) is 0. The fourth-order valence-electron chi connectivity index (χ4n) is 2.43. The summed E-state index contributed by atoms with van der Waals surface area (Å²) in [5.41, 5.74) is 2.31. The molecule has 19 heavy (non-hydrogen) atoms. The number of benzene rings is 1. The minimum absolute atomic E-state index is 0.316. The van der Waals surface area contributed by atoms with Crippen LogP contribution < -0.4 is 10.1 Å². The van der Waals surface area contributed by atoms with Gasteiger partial charge in [0.1, 0.15) is 6.10 Å². The van der Waals surface area contributed by atoms with Crippen LogP contribution in [0.1, 0.15) is 18.4 Å². The minimum Gasteiger partial charge on any atom is -0.487 e. The summed E-state index contributed by atoms with van der Waals surface area (Å²) in [5.74, 6) is 0.857. The second kappa shape index (κ2) is 5.45. The number of nitrogens with one attached hydrogen (secondary N) is 1. The van der Waals surface area contributed by atoms with Gasteiger partial charge in [-0.15, -0.1) is 0 Å². The van der Waals surface area contributed by atoms with Crippen LogP contribution in [-0.4, -0.2) is 29.0 Å². The van der Waals surface area contributed by atoms with Crippen molar-refractivity contribution in [1.82, 2.24) is 15.1 Å². The number of ether oxygens (including phenoxy) is 1. The fourth-order valence-corrected chi connectivity index (χ4v) is 2.43. The van der Waals surface area contributed by atoms with Gasteiger partial charge in [0.2, 0.25) is 0 Å². The Hall–Kier alpha value is -1.81. The lowest BCUT2D eigenvalue weighted by molar-refractivity contribution is 0.162. The second-order valence-corrected chi connectivity index (χ2v) is 4.97. The van der Waals surface area contributed by atoms with E-state index in [1.165, 1.54) is 5.56 Å². The molecule has 4 heteroatoms. The van der Waals surface area contributed by atoms with Crippen molar-refractivity contribution in [2.75, 3.05) is 13.1 Å². The molecule has 1 N–H and O–H groups in total. The Morgan fingerprint density at radius 2 is 2.05 bits per heavy atom. The zero-order chi connectivity index (χ0) is 13.1. The number of aryl methyl sites for hydroxylation is 1. The summed E-state index contributed by atoms with van der Waals surface area (Å²) in [6.45, 7) is 4.16. The summed E-state index contributed by atoms with van der Waals surface area (Å²) in [6, 6.07) is 8.22. The smallest absolute Gasteiger partial charge is 0.158 e. The van der Waals surface area contributed by atoms with E-state index in [1.807, 2.05) is 23.0 Å². The van der Waals surface area contributed by atoms with Crippen LogP contribution in [0.25, 0.3) is 5.69 Å². The molecule has 3 rings (SSSR count). The summed E-state index contributed by atoms with van der Waals surface area (Å²) < 4.78 is 7.85. The van der Waals surface area contributed by atoms with E-state index in [1.54, 1.807) is 6.20 Å². The van der Waals surface area contributed by atoms with E-state index in [4.69, 9.17) is 4.74 Å². The highest BCUT2D eigenvalue weighted by atomic mass is 16.5. The normalized spacial score (nSPS) is 16.5. The number of aromatic nitrogens is 2. The summed E-state index contributed by atoms with van der Waals surface area (Å²) in [7, 11) is 0. The monoisotopic (exact) mass is 257 g/mol. The first-order valence-corrected chi connectivity index (χ1v) is 6.81. The highest BCUT2D eigenvalue weighted by Gasteiger charge is 2.15. The van der Waals surface area contributed by atoms with Gasteiger partial charge in [0.15, 0.2) is 5.75 Å². The SMILES string of the molecule is Cc1ccccc1-n1cc(OC2CCNCC2)cn1. The third-order valence-electron chi connectivity index (χ3n) is 3.51. The van der Waals surface area contributed by atoms with E-state index in [0.29, 0.717) is 6.10 Å². The van der Waals surface area contributed by atoms with Crippen LogP contribution in [0.2, 0.25) is 0 Å². The van der Waals surface area contributed by atoms with Crippen molar-refractivity contribution in [2.45, 2.75) is 25.9 Å². The van der Waals surface area contributed by atoms with E-state index >= 15 is 0 Å². The molecular weight excluding hydrogens is 238 g/mol. The van der Waals surface area contributed by atoms with Crippen molar-refractivity contribution >= 4 is 0 Å². The molecule has 2 heterocycles. The molecule has 1 aliphatic rings. The van der Waals surface area contributed by atoms with E-state index in [2.05, 4.69) is 29.5 Å². The summed E-state index contributed by atoms with van der Waals surface area (Å²) in [6.07, 6.45) is 6.21. The molecule has 0 atom stereocenters. The number of rotatable bonds is 3. The van der Waals surface area contributed by atoms with Gasteiger partial charge >= 0.3 is 0 Å². The molecular formula is C15H19N3O. The highest BCUT2D eigenvalue weighted by molar-refractivity contribution is 5.40. The van der Waals surface area contributed by atoms with Gasteiger partial charge in [-0.2, -0.15) is 5.10 Å². The first-order valence-electron chi connectivity index (χ1n) is 6.81. The molecule has 1 aromatic carbocycles. The van der Waals surface area contributed by atoms with Gasteiger partial charge < -0.3 is 10.1 Å². The molecule has 0 spiro atoms. The Morgan fingerprint density at radius 3 is 2.84 bits per heavy atom. The average molecular weight is 257 g/mol. The highest BCUT2D eigenvalue weighted by Crippen LogP contribution is 2.19. The summed E-state index contributed by atoms with van der Waals surface area (Å²) in [5, 5.41) is 7.73. The minimum atomic E-state index is 0.316. The number of nitrogens with zero attached hydrogens (tertiary/aromatic N) is 2. The zero-order valence-electron chi connectivity index (χ0n) is 11.2. The van der Waals surface area contributed by atoms with E-state index in [-0.39, 0.29) is 0 Å². The van der Waals surface area contributed by atoms with Crippen LogP contribution in [0.15, 0.2) is 36.7 Å². The second-order valence-electron chi connectivity index (χ2n) is 4.97. The molecule has 0 unspecified atom stereocenters. The fraction of sp³-hybridized carbons (Fsp3) is 0.400. The molecule has 0 radical (unpaired) electrons. The number of para-hydroxylation sites is 1. The van der Waals surface area contributed by atoms with E-state index in [9.17, 15) is 0 Å². The molecule has 2 aromatic rings. The Bertz CT molecular complexity index is 544. The number of piperidine rings is 1. The van der Waals surface area contributed by atoms with Gasteiger partial charge in [0.25, 0.3) is 0 Å². The predicted octanol–water partition coefficient (Wildman–Crippen LogP) is 2.31. The van der Waals surface area contributed by atoms with Gasteiger partial charge in [0.05, 0.1) is 18.1 Å². The number of hydrogen-bond donors (Lipinski definition) is 1. The molecule has 0 saturated carbocycles. The van der Waals surface area contributed by atoms with Crippen molar-refractivity contribution in [3.63, 3.8) is 0 Å². The molecule has 1 aliphatic heterocycles. The van der Waals surface area contributed by atoms with Crippen LogP contribution in [0, 0.1) is 6.92 Å². The Balaban J connectivity index is 1.74. The standard InChI is InChI=1S/C15H19N3O/c1-12-4-2-3-5-15(12)18-11-14(10-17-18)19-13-6-8-16-9-7-13/h2-5,10-11,13,16H,6-9H2,1H3. The van der Waals surface area contributed by atoms with Crippen molar-refractivity contribution in [3.05, 3.63) is 42.2 Å². The van der Waals surface area contributed by atoms with Crippen LogP contribution in [0.5, 0.6) is 5.75 Å². The van der Waals surface area contributed by atoms with Crippen LogP contribution in [0.4, 0.5) is 0 Å². The van der Waals surface area contributed by atoms with Crippen LogP contribution in [0.3, 0.4) is 0 Å². The molecule has 1 aromatic heterocycles. The van der Waals surface area contributed by atoms with Gasteiger partial charge in [-0.05, 0) is 44.5 Å². The third kappa shape index (κ3) is 2.79. The Kier molecular flexibility index (Phi) is 3.51. The van der Waals surface area contributed by atoms with Crippen molar-refractivity contribution in [2.24, 2.45) is 0 Å². The average Bonchev–Trinajstić information content (AvgIpc) is 2.89. The van der Waals surface area contributed by atoms with Crippen molar-refractivity contribution < 1.29 is 4.74 Å². The third-order valence-corrected chi connectivity index (χ3v) is 3.51. The lowest BCUT2D eigenvalue weighted by Gasteiger charge is -2.22. The molecule has 0 aliphatic carbocycles. The molecule has 4 nitrogen and oxygen atoms in total. The first-order chi connectivity index (χ1) is 9.33. The molecule has 1 saturated heterocycles. The lowest BCUT2D eigenvalue weighted by atomic mass is 10.1. The van der Waals surface area contributed by atoms with Gasteiger partial charge in [-0.3, -0.25) is 0 Å². The molecule has 1 fully saturated rings.